The van der Waals surface area contributed by atoms with Crippen LogP contribution in [0.25, 0.3) is 0 Å². The van der Waals surface area contributed by atoms with Gasteiger partial charge in [0.05, 0.1) is 18.8 Å². The fourth-order valence-corrected chi connectivity index (χ4v) is 1.52. The molecule has 0 aromatic carbocycles. The van der Waals surface area contributed by atoms with E-state index in [9.17, 15) is 0 Å². The molecule has 0 aliphatic carbocycles. The van der Waals surface area contributed by atoms with Crippen LogP contribution in [0, 0.1) is 0 Å². The van der Waals surface area contributed by atoms with E-state index < -0.39 is 0 Å². The van der Waals surface area contributed by atoms with Crippen molar-refractivity contribution >= 4 is 0 Å². The zero-order valence-electron chi connectivity index (χ0n) is 8.95. The fraction of sp³-hybridized carbons (Fsp3) is 1.00. The van der Waals surface area contributed by atoms with Crippen LogP contribution in [0.2, 0.25) is 0 Å². The summed E-state index contributed by atoms with van der Waals surface area (Å²) in [5.41, 5.74) is 0. The highest BCUT2D eigenvalue weighted by Gasteiger charge is 2.31. The molecular weight excluding hydrogens is 166 g/mol. The van der Waals surface area contributed by atoms with E-state index in [2.05, 4.69) is 20.8 Å². The summed E-state index contributed by atoms with van der Waals surface area (Å²) in [6.45, 7) is 7.27. The molecule has 0 aromatic rings. The lowest BCUT2D eigenvalue weighted by atomic mass is 10.2. The molecule has 1 aliphatic rings. The number of hydrogen-bond donors (Lipinski definition) is 0. The highest BCUT2D eigenvalue weighted by Crippen LogP contribution is 2.20. The maximum Gasteiger partial charge on any atom is 0.0915 e. The number of hydroxylamine groups is 2. The number of hydrogen-bond acceptors (Lipinski definition) is 3. The third-order valence-corrected chi connectivity index (χ3v) is 2.29. The first-order chi connectivity index (χ1) is 6.27. The van der Waals surface area contributed by atoms with Crippen LogP contribution in [-0.4, -0.2) is 24.0 Å². The Kier molecular flexibility index (Phi) is 4.70. The van der Waals surface area contributed by atoms with Gasteiger partial charge in [0, 0.05) is 0 Å². The predicted molar refractivity (Wildman–Crippen MR) is 51.9 cm³/mol. The maximum atomic E-state index is 5.60. The normalized spacial score (nSPS) is 25.6. The molecule has 0 bridgehead atoms. The molecule has 1 heterocycles. The summed E-state index contributed by atoms with van der Waals surface area (Å²) in [6, 6.07) is 0.490. The van der Waals surface area contributed by atoms with Crippen LogP contribution in [0.5, 0.6) is 0 Å². The lowest BCUT2D eigenvalue weighted by Gasteiger charge is -2.39. The van der Waals surface area contributed by atoms with Gasteiger partial charge < -0.3 is 0 Å². The molecule has 0 radical (unpaired) electrons. The SMILES string of the molecule is CCCC(C)ON1OCC1CCC. The standard InChI is InChI=1S/C10H21NO2/c1-4-6-9(3)13-11-10(7-5-2)8-12-11/h9-10H,4-8H2,1-3H3. The van der Waals surface area contributed by atoms with Crippen LogP contribution >= 0.6 is 0 Å². The number of nitrogens with zero attached hydrogens (tertiary/aromatic N) is 1. The Labute approximate surface area is 80.9 Å². The Morgan fingerprint density at radius 2 is 2.23 bits per heavy atom. The Hall–Kier alpha value is -0.120. The molecule has 3 nitrogen and oxygen atoms in total. The van der Waals surface area contributed by atoms with E-state index >= 15 is 0 Å². The van der Waals surface area contributed by atoms with Crippen molar-refractivity contribution < 1.29 is 9.68 Å². The Bertz CT molecular complexity index is 141. The summed E-state index contributed by atoms with van der Waals surface area (Å²) in [4.78, 5) is 10.8. The van der Waals surface area contributed by atoms with E-state index in [0.29, 0.717) is 6.04 Å². The zero-order valence-corrected chi connectivity index (χ0v) is 8.95. The molecule has 13 heavy (non-hydrogen) atoms. The molecule has 0 spiro atoms. The second-order valence-electron chi connectivity index (χ2n) is 3.73. The van der Waals surface area contributed by atoms with Gasteiger partial charge in [-0.1, -0.05) is 31.9 Å². The molecule has 3 heteroatoms. The lowest BCUT2D eigenvalue weighted by Crippen LogP contribution is -2.51. The molecule has 2 atom stereocenters. The van der Waals surface area contributed by atoms with Crippen molar-refractivity contribution in [2.24, 2.45) is 0 Å². The van der Waals surface area contributed by atoms with Gasteiger partial charge >= 0.3 is 0 Å². The Morgan fingerprint density at radius 1 is 1.46 bits per heavy atom. The third-order valence-electron chi connectivity index (χ3n) is 2.29. The molecule has 1 rings (SSSR count). The zero-order chi connectivity index (χ0) is 9.68. The van der Waals surface area contributed by atoms with Gasteiger partial charge in [0.2, 0.25) is 0 Å². The summed E-state index contributed by atoms with van der Waals surface area (Å²) in [5.74, 6) is 0. The highest BCUT2D eigenvalue weighted by atomic mass is 17.0. The lowest BCUT2D eigenvalue weighted by molar-refractivity contribution is -0.470. The summed E-state index contributed by atoms with van der Waals surface area (Å²) in [6.07, 6.45) is 4.89. The van der Waals surface area contributed by atoms with E-state index in [4.69, 9.17) is 9.68 Å². The fourth-order valence-electron chi connectivity index (χ4n) is 1.52. The Balaban J connectivity index is 2.14. The molecule has 0 amide bonds. The van der Waals surface area contributed by atoms with Crippen molar-refractivity contribution in [2.75, 3.05) is 6.61 Å². The van der Waals surface area contributed by atoms with E-state index in [1.807, 2.05) is 0 Å². The van der Waals surface area contributed by atoms with E-state index in [1.54, 1.807) is 5.23 Å². The minimum Gasteiger partial charge on any atom is -0.272 e. The van der Waals surface area contributed by atoms with Gasteiger partial charge in [-0.05, 0) is 19.8 Å². The predicted octanol–water partition coefficient (Wildman–Crippen LogP) is 2.52. The summed E-state index contributed by atoms with van der Waals surface area (Å²) in [5, 5.41) is 1.68. The van der Waals surface area contributed by atoms with Crippen LogP contribution in [0.1, 0.15) is 46.5 Å². The van der Waals surface area contributed by atoms with Gasteiger partial charge in [-0.2, -0.15) is 0 Å². The molecule has 78 valence electrons. The molecular formula is C10H21NO2. The summed E-state index contributed by atoms with van der Waals surface area (Å²) < 4.78 is 0. The Morgan fingerprint density at radius 3 is 2.69 bits per heavy atom. The first kappa shape index (κ1) is 11.0. The topological polar surface area (TPSA) is 21.7 Å². The monoisotopic (exact) mass is 187 g/mol. The minimum atomic E-state index is 0.282. The van der Waals surface area contributed by atoms with Gasteiger partial charge in [-0.25, -0.2) is 0 Å². The van der Waals surface area contributed by atoms with Crippen LogP contribution in [-0.2, 0) is 9.68 Å². The van der Waals surface area contributed by atoms with Crippen LogP contribution < -0.4 is 0 Å². The molecule has 2 unspecified atom stereocenters. The number of rotatable bonds is 6. The first-order valence-electron chi connectivity index (χ1n) is 5.36. The van der Waals surface area contributed by atoms with Crippen molar-refractivity contribution in [2.45, 2.75) is 58.6 Å². The van der Waals surface area contributed by atoms with Crippen LogP contribution in [0.4, 0.5) is 0 Å². The van der Waals surface area contributed by atoms with Gasteiger partial charge in [0.25, 0.3) is 0 Å². The van der Waals surface area contributed by atoms with Gasteiger partial charge in [-0.3, -0.25) is 9.68 Å². The first-order valence-corrected chi connectivity index (χ1v) is 5.36. The van der Waals surface area contributed by atoms with Crippen LogP contribution in [0.15, 0.2) is 0 Å². The second-order valence-corrected chi connectivity index (χ2v) is 3.73. The van der Waals surface area contributed by atoms with Crippen molar-refractivity contribution in [3.63, 3.8) is 0 Å². The molecule has 1 fully saturated rings. The third kappa shape index (κ3) is 3.25. The highest BCUT2D eigenvalue weighted by molar-refractivity contribution is 4.66. The molecule has 1 saturated heterocycles. The minimum absolute atomic E-state index is 0.282. The molecule has 0 saturated carbocycles. The largest absolute Gasteiger partial charge is 0.272 e. The van der Waals surface area contributed by atoms with E-state index in [1.165, 1.54) is 12.8 Å². The van der Waals surface area contributed by atoms with Gasteiger partial charge in [0.1, 0.15) is 0 Å². The smallest absolute Gasteiger partial charge is 0.0915 e. The molecule has 0 N–H and O–H groups in total. The quantitative estimate of drug-likeness (QED) is 0.637. The van der Waals surface area contributed by atoms with E-state index in [-0.39, 0.29) is 6.10 Å². The molecule has 1 aliphatic heterocycles. The summed E-state index contributed by atoms with van der Waals surface area (Å²) in [7, 11) is 0. The second kappa shape index (κ2) is 5.58. The van der Waals surface area contributed by atoms with Gasteiger partial charge in [-0.15, -0.1) is 0 Å². The maximum absolute atomic E-state index is 5.60. The van der Waals surface area contributed by atoms with Crippen LogP contribution in [0.3, 0.4) is 0 Å². The average Bonchev–Trinajstić information content (AvgIpc) is 2.09. The average molecular weight is 187 g/mol. The van der Waals surface area contributed by atoms with E-state index in [0.717, 1.165) is 19.4 Å². The van der Waals surface area contributed by atoms with Crippen molar-refractivity contribution in [3.8, 4) is 0 Å². The van der Waals surface area contributed by atoms with Crippen molar-refractivity contribution in [1.29, 1.82) is 0 Å². The summed E-state index contributed by atoms with van der Waals surface area (Å²) >= 11 is 0. The molecule has 0 aromatic heterocycles. The van der Waals surface area contributed by atoms with Gasteiger partial charge in [0.15, 0.2) is 0 Å². The van der Waals surface area contributed by atoms with Crippen molar-refractivity contribution in [1.82, 2.24) is 5.23 Å². The van der Waals surface area contributed by atoms with Crippen molar-refractivity contribution in [3.05, 3.63) is 0 Å².